The average Bonchev–Trinajstić information content (AvgIpc) is 2.99. The van der Waals surface area contributed by atoms with Crippen molar-refractivity contribution in [1.29, 1.82) is 0 Å². The van der Waals surface area contributed by atoms with Gasteiger partial charge in [0.15, 0.2) is 12.4 Å². The van der Waals surface area contributed by atoms with Crippen molar-refractivity contribution in [3.63, 3.8) is 0 Å². The van der Waals surface area contributed by atoms with Crippen molar-refractivity contribution >= 4 is 7.82 Å². The van der Waals surface area contributed by atoms with Crippen molar-refractivity contribution in [3.05, 3.63) is 30.1 Å². The van der Waals surface area contributed by atoms with Gasteiger partial charge in [0.05, 0.1) is 19.8 Å². The molecule has 0 spiro atoms. The van der Waals surface area contributed by atoms with Crippen LogP contribution in [0.15, 0.2) is 24.5 Å². The molecule has 42 heavy (non-hydrogen) atoms. The number of pyridine rings is 1. The molecule has 0 N–H and O–H groups in total. The van der Waals surface area contributed by atoms with Gasteiger partial charge in [0.1, 0.15) is 6.54 Å². The van der Waals surface area contributed by atoms with Crippen LogP contribution in [0.3, 0.4) is 0 Å². The van der Waals surface area contributed by atoms with Crippen LogP contribution in [0.1, 0.15) is 155 Å². The third kappa shape index (κ3) is 23.6. The summed E-state index contributed by atoms with van der Waals surface area (Å²) >= 11 is 0. The zero-order chi connectivity index (χ0) is 30.6. The summed E-state index contributed by atoms with van der Waals surface area (Å²) in [5.41, 5.74) is 1.35. The summed E-state index contributed by atoms with van der Waals surface area (Å²) in [6, 6.07) is 4.33. The Labute approximate surface area is 259 Å². The summed E-state index contributed by atoms with van der Waals surface area (Å²) < 4.78 is 30.7. The molecule has 1 aromatic rings. The highest BCUT2D eigenvalue weighted by Crippen LogP contribution is 2.39. The second-order valence-electron chi connectivity index (χ2n) is 12.1. The molecule has 0 bridgehead atoms. The molecule has 0 radical (unpaired) electrons. The van der Waals surface area contributed by atoms with Gasteiger partial charge in [-0.15, -0.1) is 0 Å². The summed E-state index contributed by atoms with van der Waals surface area (Å²) in [5, 5.41) is 0. The molecule has 246 valence electrons. The van der Waals surface area contributed by atoms with E-state index in [2.05, 4.69) is 49.9 Å². The number of hydrogen-bond acceptors (Lipinski definition) is 5. The summed E-state index contributed by atoms with van der Waals surface area (Å²) in [6.45, 7) is 9.14. The number of ether oxygens (including phenoxy) is 1. The average molecular weight is 612 g/mol. The molecule has 7 heteroatoms. The van der Waals surface area contributed by atoms with E-state index in [0.29, 0.717) is 6.61 Å². The van der Waals surface area contributed by atoms with Crippen LogP contribution in [0.5, 0.6) is 0 Å². The molecule has 0 aliphatic carbocycles. The van der Waals surface area contributed by atoms with Gasteiger partial charge in [0, 0.05) is 31.1 Å². The van der Waals surface area contributed by atoms with E-state index >= 15 is 0 Å². The highest BCUT2D eigenvalue weighted by Gasteiger charge is 2.15. The number of phosphoric acid groups is 1. The van der Waals surface area contributed by atoms with Crippen molar-refractivity contribution in [2.75, 3.05) is 26.4 Å². The van der Waals surface area contributed by atoms with Gasteiger partial charge in [-0.2, -0.15) is 0 Å². The van der Waals surface area contributed by atoms with E-state index in [1.807, 2.05) is 0 Å². The summed E-state index contributed by atoms with van der Waals surface area (Å²) in [5.74, 6) is 0.0800. The molecule has 2 atom stereocenters. The zero-order valence-electron chi connectivity index (χ0n) is 27.7. The first-order chi connectivity index (χ1) is 20.5. The number of phosphoric ester groups is 1. The van der Waals surface area contributed by atoms with Crippen LogP contribution in [0.4, 0.5) is 0 Å². The summed E-state index contributed by atoms with van der Waals surface area (Å²) in [6.07, 6.45) is 29.8. The van der Waals surface area contributed by atoms with Crippen LogP contribution < -0.4 is 9.46 Å². The number of aromatic nitrogens is 1. The van der Waals surface area contributed by atoms with Crippen LogP contribution in [-0.2, 0) is 31.3 Å². The maximum atomic E-state index is 12.2. The lowest BCUT2D eigenvalue weighted by Gasteiger charge is -2.25. The fourth-order valence-corrected chi connectivity index (χ4v) is 6.13. The van der Waals surface area contributed by atoms with Crippen molar-refractivity contribution in [2.45, 2.75) is 162 Å². The Morgan fingerprint density at radius 3 is 1.74 bits per heavy atom. The molecule has 0 saturated carbocycles. The number of hydrogen-bond donors (Lipinski definition) is 0. The van der Waals surface area contributed by atoms with E-state index in [9.17, 15) is 9.46 Å². The summed E-state index contributed by atoms with van der Waals surface area (Å²) in [7, 11) is -4.27. The molecule has 0 aliphatic heterocycles. The Hall–Kier alpha value is -0.780. The smallest absolute Gasteiger partial charge is 0.267 e. The Balaban J connectivity index is 1.98. The highest BCUT2D eigenvalue weighted by molar-refractivity contribution is 7.45. The lowest BCUT2D eigenvalue weighted by molar-refractivity contribution is -0.697. The number of aryl methyl sites for hydroxylation is 2. The van der Waals surface area contributed by atoms with Gasteiger partial charge in [0.2, 0.25) is 0 Å². The standard InChI is InChI=1S/C35H66NO5P/c1-4-7-8-9-10-11-12-13-14-15-16-17-19-22-30-39-32-35(24-5-2)33-41-42(37,38)40-31-23-20-18-21-27-36-28-25-34(6-3)26-29-36/h25-26,28-29,35H,4-24,27,30-33H2,1-3H3. The van der Waals surface area contributed by atoms with E-state index in [1.165, 1.54) is 89.0 Å². The Kier molecular flexibility index (Phi) is 25.9. The Morgan fingerprint density at radius 2 is 1.19 bits per heavy atom. The minimum Gasteiger partial charge on any atom is -0.756 e. The van der Waals surface area contributed by atoms with Crippen LogP contribution in [0, 0.1) is 5.92 Å². The molecule has 1 aromatic heterocycles. The van der Waals surface area contributed by atoms with E-state index in [0.717, 1.165) is 64.5 Å². The minimum atomic E-state index is -4.27. The fraction of sp³-hybridized carbons (Fsp3) is 0.857. The predicted octanol–water partition coefficient (Wildman–Crippen LogP) is 9.51. The second-order valence-corrected chi connectivity index (χ2v) is 13.5. The van der Waals surface area contributed by atoms with E-state index in [4.69, 9.17) is 13.8 Å². The van der Waals surface area contributed by atoms with Crippen molar-refractivity contribution < 1.29 is 27.8 Å². The molecule has 0 fully saturated rings. The Bertz CT molecular complexity index is 760. The van der Waals surface area contributed by atoms with Gasteiger partial charge in [-0.1, -0.05) is 117 Å². The van der Waals surface area contributed by atoms with E-state index in [1.54, 1.807) is 0 Å². The van der Waals surface area contributed by atoms with Gasteiger partial charge in [-0.3, -0.25) is 4.57 Å². The van der Waals surface area contributed by atoms with Gasteiger partial charge in [-0.05, 0) is 37.7 Å². The third-order valence-electron chi connectivity index (χ3n) is 8.09. The molecule has 6 nitrogen and oxygen atoms in total. The van der Waals surface area contributed by atoms with Crippen LogP contribution >= 0.6 is 7.82 Å². The lowest BCUT2D eigenvalue weighted by Crippen LogP contribution is -2.32. The van der Waals surface area contributed by atoms with Gasteiger partial charge in [-0.25, -0.2) is 4.57 Å². The normalized spacial score (nSPS) is 13.8. The van der Waals surface area contributed by atoms with Gasteiger partial charge < -0.3 is 18.7 Å². The van der Waals surface area contributed by atoms with Crippen LogP contribution in [0.25, 0.3) is 0 Å². The lowest BCUT2D eigenvalue weighted by atomic mass is 10.0. The predicted molar refractivity (Wildman–Crippen MR) is 174 cm³/mol. The van der Waals surface area contributed by atoms with Crippen molar-refractivity contribution in [2.24, 2.45) is 5.92 Å². The first-order valence-corrected chi connectivity index (χ1v) is 19.1. The highest BCUT2D eigenvalue weighted by atomic mass is 31.2. The largest absolute Gasteiger partial charge is 0.756 e. The maximum Gasteiger partial charge on any atom is 0.267 e. The molecule has 0 amide bonds. The van der Waals surface area contributed by atoms with Gasteiger partial charge >= 0.3 is 0 Å². The Morgan fingerprint density at radius 1 is 0.667 bits per heavy atom. The van der Waals surface area contributed by atoms with E-state index in [-0.39, 0.29) is 19.1 Å². The summed E-state index contributed by atoms with van der Waals surface area (Å²) in [4.78, 5) is 12.2. The van der Waals surface area contributed by atoms with Crippen LogP contribution in [-0.4, -0.2) is 26.4 Å². The monoisotopic (exact) mass is 611 g/mol. The van der Waals surface area contributed by atoms with Crippen molar-refractivity contribution in [1.82, 2.24) is 0 Å². The van der Waals surface area contributed by atoms with Crippen molar-refractivity contribution in [3.8, 4) is 0 Å². The molecular weight excluding hydrogens is 545 g/mol. The maximum absolute atomic E-state index is 12.2. The molecular formula is C35H66NO5P. The van der Waals surface area contributed by atoms with Crippen LogP contribution in [0.2, 0.25) is 0 Å². The topological polar surface area (TPSA) is 71.7 Å². The minimum absolute atomic E-state index is 0.0800. The molecule has 1 rings (SSSR count). The number of nitrogens with zero attached hydrogens (tertiary/aromatic N) is 1. The van der Waals surface area contributed by atoms with E-state index < -0.39 is 7.82 Å². The number of rotatable bonds is 31. The second kappa shape index (κ2) is 27.7. The fourth-order valence-electron chi connectivity index (χ4n) is 5.30. The zero-order valence-corrected chi connectivity index (χ0v) is 28.6. The molecule has 1 heterocycles. The number of unbranched alkanes of at least 4 members (excludes halogenated alkanes) is 16. The molecule has 2 unspecified atom stereocenters. The quantitative estimate of drug-likeness (QED) is 0.0475. The third-order valence-corrected chi connectivity index (χ3v) is 9.05. The molecule has 0 saturated heterocycles. The van der Waals surface area contributed by atoms with Gasteiger partial charge in [0.25, 0.3) is 7.82 Å². The molecule has 0 aliphatic rings. The molecule has 0 aromatic carbocycles. The SMILES string of the molecule is CCCCCCCCCCCCCCCCOCC(CCC)COP(=O)([O-])OCCCCCC[n+]1ccc(CC)cc1. The first kappa shape index (κ1) is 39.2. The first-order valence-electron chi connectivity index (χ1n) is 17.7.